The number of allylic oxidation sites excluding steroid dienone is 1. The molecule has 0 saturated heterocycles. The molecule has 0 aromatic heterocycles. The molecular weight excluding hydrogens is 216 g/mol. The molecule has 0 bridgehead atoms. The molecule has 0 amide bonds. The van der Waals surface area contributed by atoms with Crippen molar-refractivity contribution in [3.63, 3.8) is 0 Å². The predicted octanol–water partition coefficient (Wildman–Crippen LogP) is 2.62. The Morgan fingerprint density at radius 3 is 2.76 bits per heavy atom. The number of aliphatic hydroxyl groups excluding tert-OH is 1. The van der Waals surface area contributed by atoms with Crippen LogP contribution in [0.3, 0.4) is 0 Å². The molecule has 0 unspecified atom stereocenters. The molecule has 92 valence electrons. The van der Waals surface area contributed by atoms with E-state index >= 15 is 0 Å². The lowest BCUT2D eigenvalue weighted by atomic mass is 10.1. The highest BCUT2D eigenvalue weighted by atomic mass is 16.5. The molecule has 0 spiro atoms. The predicted molar refractivity (Wildman–Crippen MR) is 66.4 cm³/mol. The van der Waals surface area contributed by atoms with Gasteiger partial charge in [0.15, 0.2) is 0 Å². The number of ether oxygens (including phenoxy) is 1. The molecule has 3 heteroatoms. The van der Waals surface area contributed by atoms with Crippen molar-refractivity contribution >= 4 is 5.97 Å². The summed E-state index contributed by atoms with van der Waals surface area (Å²) in [6.07, 6.45) is 3.89. The van der Waals surface area contributed by atoms with Crippen molar-refractivity contribution in [1.82, 2.24) is 0 Å². The minimum Gasteiger partial charge on any atom is -0.463 e. The van der Waals surface area contributed by atoms with Crippen LogP contribution in [0.25, 0.3) is 0 Å². The molecule has 0 radical (unpaired) electrons. The maximum absolute atomic E-state index is 11.0. The normalized spacial score (nSPS) is 12.6. The van der Waals surface area contributed by atoms with Crippen molar-refractivity contribution in [3.8, 4) is 0 Å². The Bertz CT molecular complexity index is 357. The van der Waals surface area contributed by atoms with Crippen LogP contribution in [0.5, 0.6) is 0 Å². The van der Waals surface area contributed by atoms with Crippen molar-refractivity contribution in [2.24, 2.45) is 0 Å². The van der Waals surface area contributed by atoms with Crippen LogP contribution in [-0.2, 0) is 9.53 Å². The standard InChI is InChI=1S/C14H18O3/c1-2-17-14(16)11-7-6-10-13(15)12-8-4-3-5-9-12/h3-5,7-9,11,13,15H,2,6,10H2,1H3/b11-7+/t13-/m0/s1. The Labute approximate surface area is 102 Å². The van der Waals surface area contributed by atoms with E-state index in [1.807, 2.05) is 30.3 Å². The van der Waals surface area contributed by atoms with Gasteiger partial charge in [0.1, 0.15) is 0 Å². The molecule has 0 saturated carbocycles. The summed E-state index contributed by atoms with van der Waals surface area (Å²) in [4.78, 5) is 11.0. The van der Waals surface area contributed by atoms with Crippen LogP contribution in [0.15, 0.2) is 42.5 Å². The first kappa shape index (κ1) is 13.5. The highest BCUT2D eigenvalue weighted by Gasteiger charge is 2.04. The molecule has 3 nitrogen and oxygen atoms in total. The summed E-state index contributed by atoms with van der Waals surface area (Å²) < 4.78 is 4.75. The van der Waals surface area contributed by atoms with Gasteiger partial charge in [-0.2, -0.15) is 0 Å². The molecule has 0 aliphatic carbocycles. The van der Waals surface area contributed by atoms with Crippen molar-refractivity contribution in [3.05, 3.63) is 48.0 Å². The first-order chi connectivity index (χ1) is 8.24. The van der Waals surface area contributed by atoms with Crippen molar-refractivity contribution in [2.75, 3.05) is 6.61 Å². The third kappa shape index (κ3) is 5.31. The fraction of sp³-hybridized carbons (Fsp3) is 0.357. The second-order valence-corrected chi connectivity index (χ2v) is 3.66. The van der Waals surface area contributed by atoms with E-state index in [-0.39, 0.29) is 5.97 Å². The van der Waals surface area contributed by atoms with Crippen LogP contribution in [0.4, 0.5) is 0 Å². The number of rotatable bonds is 6. The lowest BCUT2D eigenvalue weighted by Gasteiger charge is -2.08. The van der Waals surface area contributed by atoms with Gasteiger partial charge in [-0.1, -0.05) is 36.4 Å². The Hall–Kier alpha value is -1.61. The van der Waals surface area contributed by atoms with Crippen LogP contribution >= 0.6 is 0 Å². The van der Waals surface area contributed by atoms with E-state index in [2.05, 4.69) is 0 Å². The maximum atomic E-state index is 11.0. The molecule has 1 atom stereocenters. The monoisotopic (exact) mass is 234 g/mol. The summed E-state index contributed by atoms with van der Waals surface area (Å²) in [5, 5.41) is 9.84. The summed E-state index contributed by atoms with van der Waals surface area (Å²) >= 11 is 0. The van der Waals surface area contributed by atoms with E-state index in [1.165, 1.54) is 6.08 Å². The Morgan fingerprint density at radius 1 is 1.41 bits per heavy atom. The molecule has 0 heterocycles. The first-order valence-corrected chi connectivity index (χ1v) is 5.80. The number of aliphatic hydroxyl groups is 1. The minimum absolute atomic E-state index is 0.332. The molecule has 0 aliphatic rings. The molecule has 0 aliphatic heterocycles. The number of hydrogen-bond donors (Lipinski definition) is 1. The Kier molecular flexibility index (Phi) is 6.04. The zero-order chi connectivity index (χ0) is 12.5. The van der Waals surface area contributed by atoms with Crippen molar-refractivity contribution in [1.29, 1.82) is 0 Å². The van der Waals surface area contributed by atoms with E-state index in [4.69, 9.17) is 4.74 Å². The van der Waals surface area contributed by atoms with Gasteiger partial charge in [-0.15, -0.1) is 0 Å². The summed E-state index contributed by atoms with van der Waals surface area (Å²) in [5.41, 5.74) is 0.900. The fourth-order valence-electron chi connectivity index (χ4n) is 1.47. The zero-order valence-electron chi connectivity index (χ0n) is 10.0. The SMILES string of the molecule is CCOC(=O)/C=C/CC[C@H](O)c1ccccc1. The second kappa shape index (κ2) is 7.63. The molecule has 1 aromatic carbocycles. The molecule has 17 heavy (non-hydrogen) atoms. The number of esters is 1. The lowest BCUT2D eigenvalue weighted by Crippen LogP contribution is -1.99. The van der Waals surface area contributed by atoms with Gasteiger partial charge in [-0.3, -0.25) is 0 Å². The maximum Gasteiger partial charge on any atom is 0.330 e. The molecule has 1 N–H and O–H groups in total. The summed E-state index contributed by atoms with van der Waals surface area (Å²) in [6.45, 7) is 2.15. The summed E-state index contributed by atoms with van der Waals surface area (Å²) in [7, 11) is 0. The third-order valence-electron chi connectivity index (χ3n) is 2.33. The Morgan fingerprint density at radius 2 is 2.12 bits per heavy atom. The topological polar surface area (TPSA) is 46.5 Å². The Balaban J connectivity index is 2.29. The van der Waals surface area contributed by atoms with Gasteiger partial charge in [0, 0.05) is 6.08 Å². The van der Waals surface area contributed by atoms with Gasteiger partial charge < -0.3 is 9.84 Å². The largest absolute Gasteiger partial charge is 0.463 e. The van der Waals surface area contributed by atoms with Crippen LogP contribution in [0, 0.1) is 0 Å². The molecular formula is C14H18O3. The van der Waals surface area contributed by atoms with Crippen molar-refractivity contribution < 1.29 is 14.6 Å². The van der Waals surface area contributed by atoms with Crippen LogP contribution in [0.1, 0.15) is 31.4 Å². The number of hydrogen-bond acceptors (Lipinski definition) is 3. The minimum atomic E-state index is -0.483. The number of benzene rings is 1. The molecule has 0 fully saturated rings. The van der Waals surface area contributed by atoms with E-state index in [1.54, 1.807) is 13.0 Å². The van der Waals surface area contributed by atoms with Gasteiger partial charge in [0.25, 0.3) is 0 Å². The van der Waals surface area contributed by atoms with Gasteiger partial charge in [0.05, 0.1) is 12.7 Å². The first-order valence-electron chi connectivity index (χ1n) is 5.80. The lowest BCUT2D eigenvalue weighted by molar-refractivity contribution is -0.137. The third-order valence-corrected chi connectivity index (χ3v) is 2.33. The van der Waals surface area contributed by atoms with E-state index in [9.17, 15) is 9.90 Å². The highest BCUT2D eigenvalue weighted by molar-refractivity contribution is 5.81. The van der Waals surface area contributed by atoms with E-state index in [0.717, 1.165) is 5.56 Å². The van der Waals surface area contributed by atoms with Crippen molar-refractivity contribution in [2.45, 2.75) is 25.9 Å². The van der Waals surface area contributed by atoms with Gasteiger partial charge >= 0.3 is 5.97 Å². The van der Waals surface area contributed by atoms with Crippen LogP contribution < -0.4 is 0 Å². The van der Waals surface area contributed by atoms with E-state index < -0.39 is 6.10 Å². The van der Waals surface area contributed by atoms with E-state index in [0.29, 0.717) is 19.4 Å². The van der Waals surface area contributed by atoms with Gasteiger partial charge in [0.2, 0.25) is 0 Å². The average molecular weight is 234 g/mol. The number of carbonyl (C=O) groups is 1. The molecule has 1 aromatic rings. The zero-order valence-corrected chi connectivity index (χ0v) is 10.0. The van der Waals surface area contributed by atoms with Crippen LogP contribution in [-0.4, -0.2) is 17.7 Å². The summed E-state index contributed by atoms with van der Waals surface area (Å²) in [6, 6.07) is 9.48. The number of carbonyl (C=O) groups excluding carboxylic acids is 1. The average Bonchev–Trinajstić information content (AvgIpc) is 2.36. The molecule has 1 rings (SSSR count). The highest BCUT2D eigenvalue weighted by Crippen LogP contribution is 2.17. The van der Waals surface area contributed by atoms with Gasteiger partial charge in [-0.25, -0.2) is 4.79 Å². The smallest absolute Gasteiger partial charge is 0.330 e. The quantitative estimate of drug-likeness (QED) is 0.608. The van der Waals surface area contributed by atoms with Gasteiger partial charge in [-0.05, 0) is 25.3 Å². The fourth-order valence-corrected chi connectivity index (χ4v) is 1.47. The van der Waals surface area contributed by atoms with Crippen LogP contribution in [0.2, 0.25) is 0 Å². The second-order valence-electron chi connectivity index (χ2n) is 3.66. The summed E-state index contributed by atoms with van der Waals surface area (Å²) in [5.74, 6) is -0.332.